The van der Waals surface area contributed by atoms with E-state index in [4.69, 9.17) is 16.3 Å². The van der Waals surface area contributed by atoms with Crippen molar-refractivity contribution >= 4 is 17.5 Å². The summed E-state index contributed by atoms with van der Waals surface area (Å²) in [6.45, 7) is 5.56. The fourth-order valence-corrected chi connectivity index (χ4v) is 2.99. The molecule has 1 aromatic rings. The van der Waals surface area contributed by atoms with Crippen LogP contribution in [0, 0.1) is 6.92 Å². The average molecular weight is 368 g/mol. The fraction of sp³-hybridized carbons (Fsp3) is 0.667. The number of rotatable bonds is 14. The Bertz CT molecular complexity index is 491. The molecule has 0 unspecified atom stereocenters. The summed E-state index contributed by atoms with van der Waals surface area (Å²) >= 11 is 5.92. The second-order valence-electron chi connectivity index (χ2n) is 6.69. The van der Waals surface area contributed by atoms with Crippen molar-refractivity contribution in [3.05, 3.63) is 28.8 Å². The first-order chi connectivity index (χ1) is 12.1. The fourth-order valence-electron chi connectivity index (χ4n) is 2.76. The van der Waals surface area contributed by atoms with Gasteiger partial charge in [-0.2, -0.15) is 0 Å². The van der Waals surface area contributed by atoms with Crippen molar-refractivity contribution in [2.45, 2.75) is 78.1 Å². The Labute approximate surface area is 158 Å². The van der Waals surface area contributed by atoms with Crippen molar-refractivity contribution in [3.63, 3.8) is 0 Å². The van der Waals surface area contributed by atoms with Gasteiger partial charge in [-0.1, -0.05) is 63.5 Å². The van der Waals surface area contributed by atoms with E-state index in [1.54, 1.807) is 0 Å². The van der Waals surface area contributed by atoms with Gasteiger partial charge in [-0.25, -0.2) is 0 Å². The lowest BCUT2D eigenvalue weighted by Crippen LogP contribution is -2.24. The van der Waals surface area contributed by atoms with Crippen LogP contribution in [0.3, 0.4) is 0 Å². The molecule has 0 aliphatic rings. The van der Waals surface area contributed by atoms with E-state index in [1.807, 2.05) is 25.1 Å². The van der Waals surface area contributed by atoms with Crippen LogP contribution in [-0.2, 0) is 4.79 Å². The molecule has 1 aromatic carbocycles. The second-order valence-corrected chi connectivity index (χ2v) is 7.12. The van der Waals surface area contributed by atoms with Crippen LogP contribution in [0.5, 0.6) is 5.75 Å². The Morgan fingerprint density at radius 3 is 2.40 bits per heavy atom. The molecule has 0 atom stereocenters. The minimum absolute atomic E-state index is 0.124. The SMILES string of the molecule is CCCCCCCCCCNC(=O)CCCOc1ccc(Cl)cc1C. The second kappa shape index (κ2) is 14.0. The Kier molecular flexibility index (Phi) is 12.2. The van der Waals surface area contributed by atoms with Crippen LogP contribution in [0.4, 0.5) is 0 Å². The van der Waals surface area contributed by atoms with Gasteiger partial charge in [0.2, 0.25) is 5.91 Å². The molecule has 0 fully saturated rings. The molecule has 1 amide bonds. The zero-order valence-electron chi connectivity index (χ0n) is 15.9. The standard InChI is InChI=1S/C21H34ClNO2/c1-3-4-5-6-7-8-9-10-15-23-21(24)12-11-16-25-20-14-13-19(22)17-18(20)2/h13-14,17H,3-12,15-16H2,1-2H3,(H,23,24). The van der Waals surface area contributed by atoms with Gasteiger partial charge in [0.25, 0.3) is 0 Å². The number of ether oxygens (including phenoxy) is 1. The van der Waals surface area contributed by atoms with E-state index in [1.165, 1.54) is 44.9 Å². The molecule has 0 heterocycles. The number of halogens is 1. The molecule has 0 aliphatic carbocycles. The monoisotopic (exact) mass is 367 g/mol. The summed E-state index contributed by atoms with van der Waals surface area (Å²) in [5.74, 6) is 0.961. The number of benzene rings is 1. The lowest BCUT2D eigenvalue weighted by Gasteiger charge is -2.09. The summed E-state index contributed by atoms with van der Waals surface area (Å²) in [6, 6.07) is 5.58. The highest BCUT2D eigenvalue weighted by Crippen LogP contribution is 2.21. The van der Waals surface area contributed by atoms with E-state index < -0.39 is 0 Å². The molecular formula is C21H34ClNO2. The van der Waals surface area contributed by atoms with Gasteiger partial charge in [0.1, 0.15) is 5.75 Å². The molecule has 0 radical (unpaired) electrons. The molecule has 0 saturated heterocycles. The lowest BCUT2D eigenvalue weighted by molar-refractivity contribution is -0.121. The number of hydrogen-bond donors (Lipinski definition) is 1. The molecule has 0 bridgehead atoms. The third-order valence-electron chi connectivity index (χ3n) is 4.30. The highest BCUT2D eigenvalue weighted by atomic mass is 35.5. The van der Waals surface area contributed by atoms with E-state index in [0.29, 0.717) is 18.1 Å². The van der Waals surface area contributed by atoms with Crippen molar-refractivity contribution in [3.8, 4) is 5.75 Å². The Morgan fingerprint density at radius 2 is 1.72 bits per heavy atom. The predicted octanol–water partition coefficient (Wildman–Crippen LogP) is 6.06. The van der Waals surface area contributed by atoms with Crippen LogP contribution in [0.15, 0.2) is 18.2 Å². The predicted molar refractivity (Wildman–Crippen MR) is 107 cm³/mol. The van der Waals surface area contributed by atoms with Crippen molar-refractivity contribution in [2.24, 2.45) is 0 Å². The molecule has 0 spiro atoms. The first-order valence-corrected chi connectivity index (χ1v) is 10.2. The lowest BCUT2D eigenvalue weighted by atomic mass is 10.1. The maximum Gasteiger partial charge on any atom is 0.220 e. The van der Waals surface area contributed by atoms with E-state index in [0.717, 1.165) is 30.7 Å². The number of unbranched alkanes of at least 4 members (excludes halogenated alkanes) is 7. The number of nitrogens with one attached hydrogen (secondary N) is 1. The van der Waals surface area contributed by atoms with Gasteiger partial charge in [-0.05, 0) is 43.5 Å². The molecule has 142 valence electrons. The van der Waals surface area contributed by atoms with Gasteiger partial charge < -0.3 is 10.1 Å². The maximum absolute atomic E-state index is 11.8. The topological polar surface area (TPSA) is 38.3 Å². The quantitative estimate of drug-likeness (QED) is 0.405. The van der Waals surface area contributed by atoms with Crippen LogP contribution in [0.1, 0.15) is 76.7 Å². The van der Waals surface area contributed by atoms with Crippen LogP contribution in [0.2, 0.25) is 5.02 Å². The summed E-state index contributed by atoms with van der Waals surface area (Å²) in [5.41, 5.74) is 1.02. The third kappa shape index (κ3) is 11.1. The van der Waals surface area contributed by atoms with Crippen LogP contribution in [-0.4, -0.2) is 19.1 Å². The summed E-state index contributed by atoms with van der Waals surface area (Å²) < 4.78 is 5.70. The minimum atomic E-state index is 0.124. The van der Waals surface area contributed by atoms with Gasteiger partial charge in [0, 0.05) is 18.0 Å². The highest BCUT2D eigenvalue weighted by Gasteiger charge is 2.03. The maximum atomic E-state index is 11.8. The summed E-state index contributed by atoms with van der Waals surface area (Å²) in [7, 11) is 0. The van der Waals surface area contributed by atoms with E-state index in [-0.39, 0.29) is 5.91 Å². The molecule has 0 aromatic heterocycles. The zero-order chi connectivity index (χ0) is 18.3. The smallest absolute Gasteiger partial charge is 0.220 e. The molecule has 3 nitrogen and oxygen atoms in total. The normalized spacial score (nSPS) is 10.7. The number of carbonyl (C=O) groups excluding carboxylic acids is 1. The summed E-state index contributed by atoms with van der Waals surface area (Å²) in [4.78, 5) is 11.8. The molecule has 1 N–H and O–H groups in total. The first kappa shape index (κ1) is 21.8. The number of amides is 1. The van der Waals surface area contributed by atoms with Crippen LogP contribution < -0.4 is 10.1 Å². The van der Waals surface area contributed by atoms with Gasteiger partial charge >= 0.3 is 0 Å². The Morgan fingerprint density at radius 1 is 1.04 bits per heavy atom. The van der Waals surface area contributed by atoms with E-state index in [2.05, 4.69) is 12.2 Å². The van der Waals surface area contributed by atoms with E-state index in [9.17, 15) is 4.79 Å². The molecular weight excluding hydrogens is 334 g/mol. The molecule has 0 saturated carbocycles. The van der Waals surface area contributed by atoms with Gasteiger partial charge in [0.05, 0.1) is 6.61 Å². The molecule has 25 heavy (non-hydrogen) atoms. The zero-order valence-corrected chi connectivity index (χ0v) is 16.7. The molecule has 0 aliphatic heterocycles. The Hall–Kier alpha value is -1.22. The van der Waals surface area contributed by atoms with Crippen molar-refractivity contribution < 1.29 is 9.53 Å². The van der Waals surface area contributed by atoms with Crippen molar-refractivity contribution in [2.75, 3.05) is 13.2 Å². The third-order valence-corrected chi connectivity index (χ3v) is 4.53. The van der Waals surface area contributed by atoms with Crippen molar-refractivity contribution in [1.82, 2.24) is 5.32 Å². The number of aryl methyl sites for hydroxylation is 1. The Balaban J connectivity index is 1.95. The van der Waals surface area contributed by atoms with Gasteiger partial charge in [-0.3, -0.25) is 4.79 Å². The number of hydrogen-bond acceptors (Lipinski definition) is 2. The van der Waals surface area contributed by atoms with E-state index >= 15 is 0 Å². The largest absolute Gasteiger partial charge is 0.493 e. The summed E-state index contributed by atoms with van der Waals surface area (Å²) in [6.07, 6.45) is 11.5. The highest BCUT2D eigenvalue weighted by molar-refractivity contribution is 6.30. The first-order valence-electron chi connectivity index (χ1n) is 9.79. The van der Waals surface area contributed by atoms with Crippen LogP contribution in [0.25, 0.3) is 0 Å². The van der Waals surface area contributed by atoms with Gasteiger partial charge in [-0.15, -0.1) is 0 Å². The van der Waals surface area contributed by atoms with Crippen molar-refractivity contribution in [1.29, 1.82) is 0 Å². The van der Waals surface area contributed by atoms with Gasteiger partial charge in [0.15, 0.2) is 0 Å². The minimum Gasteiger partial charge on any atom is -0.493 e. The summed E-state index contributed by atoms with van der Waals surface area (Å²) in [5, 5.41) is 3.71. The van der Waals surface area contributed by atoms with Crippen LogP contribution >= 0.6 is 11.6 Å². The molecule has 1 rings (SSSR count). The number of carbonyl (C=O) groups is 1. The molecule has 4 heteroatoms. The average Bonchev–Trinajstić information content (AvgIpc) is 2.59.